The van der Waals surface area contributed by atoms with Crippen LogP contribution in [0.2, 0.25) is 0 Å². The molecule has 21 nitrogen and oxygen atoms in total. The maximum absolute atomic E-state index is 14.5. The Balaban J connectivity index is 0.884. The molecule has 9 amide bonds. The second kappa shape index (κ2) is 25.5. The Morgan fingerprint density at radius 2 is 1.65 bits per heavy atom. The van der Waals surface area contributed by atoms with Gasteiger partial charge in [-0.3, -0.25) is 53.0 Å². The zero-order valence-corrected chi connectivity index (χ0v) is 45.3. The van der Waals surface area contributed by atoms with Crippen LogP contribution >= 0.6 is 18.9 Å². The smallest absolute Gasteiger partial charge is 0.352 e. The van der Waals surface area contributed by atoms with Gasteiger partial charge in [0.05, 0.1) is 10.8 Å². The van der Waals surface area contributed by atoms with Gasteiger partial charge in [-0.15, -0.1) is 11.3 Å². The van der Waals surface area contributed by atoms with E-state index in [1.807, 2.05) is 13.0 Å². The molecule has 0 bridgehead atoms. The van der Waals surface area contributed by atoms with E-state index in [4.69, 9.17) is 5.73 Å². The van der Waals surface area contributed by atoms with E-state index in [0.29, 0.717) is 78.4 Å². The number of amides is 9. The molecule has 8 rings (SSSR count). The van der Waals surface area contributed by atoms with Gasteiger partial charge in [0.25, 0.3) is 17.3 Å². The molecule has 8 N–H and O–H groups in total. The highest BCUT2D eigenvalue weighted by Crippen LogP contribution is 2.40. The standard InChI is InChI=1S/C56H63N8O13PS/c1-2-3-17-41(59-51(69)47-29-37-28-36(19-21-46(37)79-47)55(73)78(75,76)77)54(72)63-25-10-18-43(63)49(67)60-42(31-58-56(57)74)45(65)30-39(34-12-5-4-6-13-34)52(70)62-26-23-33(24-27-62)11-7-8-14-35-15-9-16-38-40(35)32-64(53(38)71)44-20-22-48(66)61-50(44)68/h4-6,9,12-13,15-16,19,21,28-29,33,39,41-44H,2-3,7,10-11,17-18,20,22-27,30-32H2,1H3,(H,59,69)(H,60,67)(H3,57,58,74)(H,61,66,68)(H2,75,76,77)/t39-,41-,42-,43-,44?/m0/s1. The van der Waals surface area contributed by atoms with Crippen LogP contribution in [-0.4, -0.2) is 134 Å². The highest BCUT2D eigenvalue weighted by atomic mass is 32.1. The van der Waals surface area contributed by atoms with Crippen LogP contribution in [0.3, 0.4) is 0 Å². The van der Waals surface area contributed by atoms with Gasteiger partial charge in [0.1, 0.15) is 24.2 Å². The molecular weight excluding hydrogens is 1060 g/mol. The number of likely N-dealkylation sites (tertiary alicyclic amines) is 2. The number of rotatable bonds is 20. The number of nitrogens with zero attached hydrogens (tertiary/aromatic N) is 3. The van der Waals surface area contributed by atoms with Crippen LogP contribution in [-0.2, 0) is 39.9 Å². The molecule has 3 aromatic carbocycles. The second-order valence-electron chi connectivity index (χ2n) is 20.4. The Hall–Kier alpha value is -7.57. The van der Waals surface area contributed by atoms with Crippen molar-refractivity contribution in [3.63, 3.8) is 0 Å². The molecule has 1 aromatic heterocycles. The molecule has 4 aliphatic rings. The van der Waals surface area contributed by atoms with Crippen molar-refractivity contribution in [2.24, 2.45) is 11.7 Å². The quantitative estimate of drug-likeness (QED) is 0.0371. The zero-order chi connectivity index (χ0) is 56.5. The molecule has 4 aliphatic heterocycles. The predicted molar refractivity (Wildman–Crippen MR) is 290 cm³/mol. The van der Waals surface area contributed by atoms with E-state index in [-0.39, 0.29) is 79.3 Å². The fraction of sp³-hybridized carbons (Fsp3) is 0.429. The van der Waals surface area contributed by atoms with Crippen molar-refractivity contribution in [1.29, 1.82) is 0 Å². The van der Waals surface area contributed by atoms with Gasteiger partial charge < -0.3 is 46.2 Å². The number of fused-ring (bicyclic) bond motifs is 2. The first-order chi connectivity index (χ1) is 37.8. The van der Waals surface area contributed by atoms with E-state index in [1.165, 1.54) is 34.1 Å². The van der Waals surface area contributed by atoms with Crippen molar-refractivity contribution in [3.05, 3.63) is 105 Å². The maximum Gasteiger partial charge on any atom is 0.396 e. The number of imide groups is 1. The molecule has 23 heteroatoms. The predicted octanol–water partition coefficient (Wildman–Crippen LogP) is 4.23. The van der Waals surface area contributed by atoms with Crippen LogP contribution in [0, 0.1) is 17.8 Å². The summed E-state index contributed by atoms with van der Waals surface area (Å²) in [6.07, 6.45) is 4.95. The van der Waals surface area contributed by atoms with Crippen LogP contribution in [0.5, 0.6) is 0 Å². The van der Waals surface area contributed by atoms with E-state index in [2.05, 4.69) is 33.1 Å². The lowest BCUT2D eigenvalue weighted by atomic mass is 9.87. The molecule has 79 heavy (non-hydrogen) atoms. The van der Waals surface area contributed by atoms with Crippen molar-refractivity contribution in [2.45, 2.75) is 121 Å². The molecule has 0 radical (unpaired) electrons. The van der Waals surface area contributed by atoms with E-state index in [0.717, 1.165) is 23.3 Å². The van der Waals surface area contributed by atoms with Crippen molar-refractivity contribution in [3.8, 4) is 11.8 Å². The average molecular weight is 1120 g/mol. The molecule has 0 spiro atoms. The normalized spacial score (nSPS) is 18.7. The number of Topliss-reactive ketones (excluding diaryl/α,β-unsaturated/α-hetero) is 1. The van der Waals surface area contributed by atoms with Crippen molar-refractivity contribution in [2.75, 3.05) is 26.2 Å². The summed E-state index contributed by atoms with van der Waals surface area (Å²) in [6.45, 7) is 2.79. The molecule has 0 saturated carbocycles. The maximum atomic E-state index is 14.5. The fourth-order valence-electron chi connectivity index (χ4n) is 10.7. The number of hydrogen-bond donors (Lipinski definition) is 7. The third kappa shape index (κ3) is 13.8. The fourth-order valence-corrected chi connectivity index (χ4v) is 12.2. The van der Waals surface area contributed by atoms with Gasteiger partial charge in [0, 0.05) is 73.4 Å². The third-order valence-corrected chi connectivity index (χ3v) is 16.9. The van der Waals surface area contributed by atoms with Crippen molar-refractivity contribution >= 4 is 87.7 Å². The van der Waals surface area contributed by atoms with Gasteiger partial charge in [-0.1, -0.05) is 68.0 Å². The highest BCUT2D eigenvalue weighted by Gasteiger charge is 2.42. The third-order valence-electron chi connectivity index (χ3n) is 15.0. The lowest BCUT2D eigenvalue weighted by Crippen LogP contribution is -2.57. The Kier molecular flexibility index (Phi) is 18.6. The zero-order valence-electron chi connectivity index (χ0n) is 43.6. The van der Waals surface area contributed by atoms with E-state index in [9.17, 15) is 62.3 Å². The Labute approximate surface area is 459 Å². The Morgan fingerprint density at radius 1 is 0.886 bits per heavy atom. The van der Waals surface area contributed by atoms with Gasteiger partial charge in [-0.25, -0.2) is 4.79 Å². The van der Waals surface area contributed by atoms with Crippen LogP contribution in [0.15, 0.2) is 72.8 Å². The topological polar surface area (TPSA) is 312 Å². The number of nitrogens with two attached hydrogens (primary N) is 1. The number of piperidine rings is 2. The first-order valence-corrected chi connectivity index (χ1v) is 28.9. The summed E-state index contributed by atoms with van der Waals surface area (Å²) in [5, 5.41) is 10.7. The summed E-state index contributed by atoms with van der Waals surface area (Å²) in [4.78, 5) is 157. The number of hydrogen-bond acceptors (Lipinski definition) is 12. The average Bonchev–Trinajstić information content (AvgIpc) is 4.40. The monoisotopic (exact) mass is 1120 g/mol. The van der Waals surface area contributed by atoms with Gasteiger partial charge in [0.15, 0.2) is 5.78 Å². The summed E-state index contributed by atoms with van der Waals surface area (Å²) >= 11 is 1.06. The summed E-state index contributed by atoms with van der Waals surface area (Å²) in [6, 6.07) is 14.5. The molecule has 3 saturated heterocycles. The van der Waals surface area contributed by atoms with E-state index in [1.54, 1.807) is 47.4 Å². The number of thiophene rings is 1. The number of primary amides is 1. The van der Waals surface area contributed by atoms with Gasteiger partial charge in [0.2, 0.25) is 29.5 Å². The molecular formula is C56H63N8O13PS. The minimum absolute atomic E-state index is 0.161. The van der Waals surface area contributed by atoms with E-state index < -0.39 is 85.2 Å². The number of urea groups is 1. The molecule has 5 heterocycles. The number of benzene rings is 3. The van der Waals surface area contributed by atoms with Crippen LogP contribution in [0.4, 0.5) is 4.79 Å². The minimum atomic E-state index is -5.05. The molecule has 416 valence electrons. The van der Waals surface area contributed by atoms with E-state index >= 15 is 0 Å². The molecule has 4 aromatic rings. The Morgan fingerprint density at radius 3 is 2.35 bits per heavy atom. The molecule has 1 unspecified atom stereocenters. The van der Waals surface area contributed by atoms with Crippen molar-refractivity contribution < 1.29 is 62.3 Å². The van der Waals surface area contributed by atoms with Gasteiger partial charge in [-0.05, 0) is 104 Å². The lowest BCUT2D eigenvalue weighted by molar-refractivity contribution is -0.141. The molecule has 3 fully saturated rings. The van der Waals surface area contributed by atoms with Gasteiger partial charge in [-0.2, -0.15) is 0 Å². The number of carbonyl (C=O) groups excluding carboxylic acids is 10. The number of carbonyl (C=O) groups is 10. The number of nitrogens with one attached hydrogen (secondary N) is 4. The largest absolute Gasteiger partial charge is 0.396 e. The first-order valence-electron chi connectivity index (χ1n) is 26.5. The van der Waals surface area contributed by atoms with Crippen molar-refractivity contribution in [1.82, 2.24) is 36.0 Å². The van der Waals surface area contributed by atoms with Gasteiger partial charge >= 0.3 is 13.6 Å². The van der Waals surface area contributed by atoms with Crippen LogP contribution < -0.4 is 27.0 Å². The summed E-state index contributed by atoms with van der Waals surface area (Å²) < 4.78 is 12.2. The lowest BCUT2D eigenvalue weighted by Gasteiger charge is -2.34. The number of ketones is 1. The minimum Gasteiger partial charge on any atom is -0.352 e. The first kappa shape index (κ1) is 57.6. The summed E-state index contributed by atoms with van der Waals surface area (Å²) in [5.41, 5.74) is 6.40. The van der Waals surface area contributed by atoms with Crippen LogP contribution in [0.25, 0.3) is 10.1 Å². The summed E-state index contributed by atoms with van der Waals surface area (Å²) in [5.74, 6) is 2.09. The SMILES string of the molecule is CCCC[C@H](NC(=O)c1cc2cc(C(=O)P(=O)(O)O)ccc2s1)C(=O)N1CCC[C@H]1C(=O)N[C@@H](CNC(N)=O)C(=O)C[C@H](C(=O)N1CCC(CCC#Cc2cccc3c2CN(C2CCC(=O)NC2=O)C3=O)CC1)c1ccccc1. The van der Waals surface area contributed by atoms with Crippen LogP contribution in [0.1, 0.15) is 137 Å². The number of unbranched alkanes of at least 4 members (excludes halogenated alkanes) is 1. The Bertz CT molecular complexity index is 3180. The molecule has 5 atom stereocenters. The summed E-state index contributed by atoms with van der Waals surface area (Å²) in [7, 11) is -5.05. The highest BCUT2D eigenvalue weighted by molar-refractivity contribution is 7.70. The molecule has 0 aliphatic carbocycles. The second-order valence-corrected chi connectivity index (χ2v) is 22.9.